The Hall–Kier alpha value is -2.60. The maximum absolute atomic E-state index is 12.5. The molecule has 2 aromatic carbocycles. The van der Waals surface area contributed by atoms with E-state index in [1.807, 2.05) is 49.6 Å². The van der Waals surface area contributed by atoms with Crippen LogP contribution < -0.4 is 10.4 Å². The van der Waals surface area contributed by atoms with Crippen LogP contribution in [0.1, 0.15) is 10.4 Å². The molecule has 0 fully saturated rings. The van der Waals surface area contributed by atoms with E-state index in [2.05, 4.69) is 15.9 Å². The minimum absolute atomic E-state index is 0.0393. The number of nitrogens with one attached hydrogen (secondary N) is 1. The molecule has 1 aromatic heterocycles. The van der Waals surface area contributed by atoms with E-state index in [1.54, 1.807) is 28.4 Å². The summed E-state index contributed by atoms with van der Waals surface area (Å²) in [5.74, 6) is 0.713. The van der Waals surface area contributed by atoms with Gasteiger partial charge in [0, 0.05) is 28.8 Å². The number of imidazole rings is 1. The molecule has 128 valence electrons. The van der Waals surface area contributed by atoms with Crippen molar-refractivity contribution in [2.24, 2.45) is 7.05 Å². The number of Topliss-reactive ketones (excluding diaryl/α,β-unsaturated/α-hetero) is 1. The van der Waals surface area contributed by atoms with Crippen molar-refractivity contribution >= 4 is 21.7 Å². The summed E-state index contributed by atoms with van der Waals surface area (Å²) in [5.41, 5.74) is 2.67. The van der Waals surface area contributed by atoms with Crippen LogP contribution in [0.5, 0.6) is 5.75 Å². The molecule has 0 spiro atoms. The molecule has 0 aliphatic carbocycles. The number of aromatic nitrogens is 2. The third-order valence-corrected chi connectivity index (χ3v) is 4.55. The lowest BCUT2D eigenvalue weighted by Gasteiger charge is -2.04. The molecule has 0 aliphatic heterocycles. The topological polar surface area (TPSA) is 60.0 Å². The van der Waals surface area contributed by atoms with Crippen molar-refractivity contribution < 1.29 is 9.53 Å². The average molecular weight is 400 g/mol. The Morgan fingerprint density at radius 1 is 1.20 bits per heavy atom. The average Bonchev–Trinajstić information content (AvgIpc) is 2.90. The second-order valence-electron chi connectivity index (χ2n) is 5.69. The van der Waals surface area contributed by atoms with Crippen LogP contribution in [-0.2, 0) is 13.6 Å². The van der Waals surface area contributed by atoms with Crippen LogP contribution in [0.4, 0.5) is 0 Å². The Kier molecular flexibility index (Phi) is 4.90. The second kappa shape index (κ2) is 7.11. The zero-order valence-electron chi connectivity index (χ0n) is 14.0. The van der Waals surface area contributed by atoms with Crippen LogP contribution >= 0.6 is 15.9 Å². The molecule has 0 saturated heterocycles. The molecule has 3 rings (SSSR count). The fraction of sp³-hybridized carbons (Fsp3) is 0.158. The van der Waals surface area contributed by atoms with Gasteiger partial charge in [-0.15, -0.1) is 0 Å². The Morgan fingerprint density at radius 2 is 1.96 bits per heavy atom. The number of ether oxygens (including phenoxy) is 1. The molecule has 3 aromatic rings. The van der Waals surface area contributed by atoms with Crippen LogP contribution in [0.2, 0.25) is 0 Å². The smallest absolute Gasteiger partial charge is 0.202 e. The first-order chi connectivity index (χ1) is 12.0. The SMILES string of the molecule is COc1cccc(-c2cn(CC(=O)c3cccc(Br)c3)c(=N)n2C)c1. The molecule has 0 atom stereocenters. The third kappa shape index (κ3) is 3.58. The lowest BCUT2D eigenvalue weighted by molar-refractivity contribution is 0.0970. The van der Waals surface area contributed by atoms with Crippen LogP contribution in [0, 0.1) is 5.41 Å². The normalized spacial score (nSPS) is 10.7. The first kappa shape index (κ1) is 17.2. The van der Waals surface area contributed by atoms with Crippen LogP contribution in [0.3, 0.4) is 0 Å². The van der Waals surface area contributed by atoms with E-state index in [0.717, 1.165) is 21.5 Å². The molecular weight excluding hydrogens is 382 g/mol. The molecule has 0 bridgehead atoms. The number of rotatable bonds is 5. The highest BCUT2D eigenvalue weighted by atomic mass is 79.9. The molecule has 6 heteroatoms. The number of hydrogen-bond acceptors (Lipinski definition) is 3. The Balaban J connectivity index is 1.93. The van der Waals surface area contributed by atoms with Crippen molar-refractivity contribution in [1.82, 2.24) is 9.13 Å². The van der Waals surface area contributed by atoms with Crippen LogP contribution in [-0.4, -0.2) is 22.0 Å². The molecule has 5 nitrogen and oxygen atoms in total. The van der Waals surface area contributed by atoms with E-state index >= 15 is 0 Å². The number of hydrogen-bond donors (Lipinski definition) is 1. The van der Waals surface area contributed by atoms with Crippen molar-refractivity contribution in [1.29, 1.82) is 5.41 Å². The van der Waals surface area contributed by atoms with E-state index in [0.29, 0.717) is 5.56 Å². The van der Waals surface area contributed by atoms with Gasteiger partial charge in [-0.05, 0) is 24.3 Å². The zero-order chi connectivity index (χ0) is 18.0. The lowest BCUT2D eigenvalue weighted by atomic mass is 10.1. The van der Waals surface area contributed by atoms with Crippen molar-refractivity contribution in [3.63, 3.8) is 0 Å². The van der Waals surface area contributed by atoms with Crippen molar-refractivity contribution in [2.45, 2.75) is 6.54 Å². The molecular formula is C19H18BrN3O2. The highest BCUT2D eigenvalue weighted by molar-refractivity contribution is 9.10. The van der Waals surface area contributed by atoms with E-state index < -0.39 is 0 Å². The van der Waals surface area contributed by atoms with Gasteiger partial charge in [0.15, 0.2) is 5.78 Å². The third-order valence-electron chi connectivity index (χ3n) is 4.06. The quantitative estimate of drug-likeness (QED) is 0.665. The molecule has 1 heterocycles. The molecule has 0 aliphatic rings. The summed E-state index contributed by atoms with van der Waals surface area (Å²) in [5, 5.41) is 8.30. The maximum atomic E-state index is 12.5. The molecule has 0 radical (unpaired) electrons. The summed E-state index contributed by atoms with van der Waals surface area (Å²) in [7, 11) is 3.44. The monoisotopic (exact) mass is 399 g/mol. The highest BCUT2D eigenvalue weighted by Crippen LogP contribution is 2.22. The van der Waals surface area contributed by atoms with Gasteiger partial charge in [-0.3, -0.25) is 10.2 Å². The molecule has 0 amide bonds. The number of methoxy groups -OCH3 is 1. The molecule has 1 N–H and O–H groups in total. The lowest BCUT2D eigenvalue weighted by Crippen LogP contribution is -2.25. The Bertz CT molecular complexity index is 988. The number of carbonyl (C=O) groups is 1. The largest absolute Gasteiger partial charge is 0.497 e. The van der Waals surface area contributed by atoms with E-state index in [-0.39, 0.29) is 17.9 Å². The summed E-state index contributed by atoms with van der Waals surface area (Å²) in [6.45, 7) is 0.118. The van der Waals surface area contributed by atoms with Gasteiger partial charge in [-0.1, -0.05) is 40.2 Å². The van der Waals surface area contributed by atoms with Gasteiger partial charge in [0.25, 0.3) is 0 Å². The number of benzene rings is 2. The van der Waals surface area contributed by atoms with Gasteiger partial charge >= 0.3 is 0 Å². The summed E-state index contributed by atoms with van der Waals surface area (Å²) in [6, 6.07) is 14.9. The van der Waals surface area contributed by atoms with Gasteiger partial charge in [0.2, 0.25) is 5.62 Å². The Morgan fingerprint density at radius 3 is 2.68 bits per heavy atom. The number of nitrogens with zero attached hydrogens (tertiary/aromatic N) is 2. The standard InChI is InChI=1S/C19H18BrN3O2/c1-22-17(13-5-4-8-16(10-13)25-2)11-23(19(22)21)12-18(24)14-6-3-7-15(20)9-14/h3-11,21H,12H2,1-2H3. The summed E-state index contributed by atoms with van der Waals surface area (Å²) < 4.78 is 9.53. The number of carbonyl (C=O) groups excluding carboxylic acids is 1. The van der Waals surface area contributed by atoms with Gasteiger partial charge in [-0.25, -0.2) is 0 Å². The summed E-state index contributed by atoms with van der Waals surface area (Å²) in [4.78, 5) is 12.5. The number of halogens is 1. The summed E-state index contributed by atoms with van der Waals surface area (Å²) >= 11 is 3.38. The van der Waals surface area contributed by atoms with Crippen LogP contribution in [0.25, 0.3) is 11.3 Å². The number of ketones is 1. The van der Waals surface area contributed by atoms with Gasteiger partial charge < -0.3 is 13.9 Å². The predicted molar refractivity (Wildman–Crippen MR) is 99.7 cm³/mol. The van der Waals surface area contributed by atoms with E-state index in [9.17, 15) is 4.79 Å². The van der Waals surface area contributed by atoms with E-state index in [1.165, 1.54) is 0 Å². The zero-order valence-corrected chi connectivity index (χ0v) is 15.6. The van der Waals surface area contributed by atoms with E-state index in [4.69, 9.17) is 10.1 Å². The minimum Gasteiger partial charge on any atom is -0.497 e. The summed E-state index contributed by atoms with van der Waals surface area (Å²) in [6.07, 6.45) is 1.83. The van der Waals surface area contributed by atoms with Gasteiger partial charge in [0.05, 0.1) is 19.3 Å². The fourth-order valence-electron chi connectivity index (χ4n) is 2.68. The highest BCUT2D eigenvalue weighted by Gasteiger charge is 2.13. The van der Waals surface area contributed by atoms with Gasteiger partial charge in [0.1, 0.15) is 5.75 Å². The first-order valence-corrected chi connectivity index (χ1v) is 8.53. The molecule has 0 saturated carbocycles. The molecule has 0 unspecified atom stereocenters. The van der Waals surface area contributed by atoms with Gasteiger partial charge in [-0.2, -0.15) is 0 Å². The predicted octanol–water partition coefficient (Wildman–Crippen LogP) is 3.63. The Labute approximate surface area is 154 Å². The minimum atomic E-state index is -0.0393. The fourth-order valence-corrected chi connectivity index (χ4v) is 3.08. The first-order valence-electron chi connectivity index (χ1n) is 7.73. The molecule has 25 heavy (non-hydrogen) atoms. The van der Waals surface area contributed by atoms with Crippen molar-refractivity contribution in [3.8, 4) is 17.0 Å². The van der Waals surface area contributed by atoms with Crippen molar-refractivity contribution in [3.05, 3.63) is 70.4 Å². The maximum Gasteiger partial charge on any atom is 0.202 e. The van der Waals surface area contributed by atoms with Crippen LogP contribution in [0.15, 0.2) is 59.2 Å². The second-order valence-corrected chi connectivity index (χ2v) is 6.61. The van der Waals surface area contributed by atoms with Crippen molar-refractivity contribution in [2.75, 3.05) is 7.11 Å².